The van der Waals surface area contributed by atoms with Gasteiger partial charge in [-0.2, -0.15) is 18.3 Å². The maximum absolute atomic E-state index is 12.7. The molecule has 4 aromatic rings. The summed E-state index contributed by atoms with van der Waals surface area (Å²) in [5.74, 6) is 1.13. The van der Waals surface area contributed by atoms with E-state index in [0.29, 0.717) is 33.9 Å². The third-order valence-corrected chi connectivity index (χ3v) is 6.00. The van der Waals surface area contributed by atoms with Gasteiger partial charge in [0.05, 0.1) is 49.9 Å². The van der Waals surface area contributed by atoms with Gasteiger partial charge in [-0.1, -0.05) is 6.92 Å². The number of alkyl halides is 3. The third kappa shape index (κ3) is 6.11. The second-order valence-corrected chi connectivity index (χ2v) is 8.42. The molecule has 11 heteroatoms. The highest BCUT2D eigenvalue weighted by molar-refractivity contribution is 5.83. The Morgan fingerprint density at radius 1 is 0.973 bits per heavy atom. The van der Waals surface area contributed by atoms with Gasteiger partial charge >= 0.3 is 6.18 Å². The second-order valence-electron chi connectivity index (χ2n) is 8.42. The smallest absolute Gasteiger partial charge is 0.401 e. The maximum atomic E-state index is 12.7. The summed E-state index contributed by atoms with van der Waals surface area (Å²) >= 11 is 0. The highest BCUT2D eigenvalue weighted by Gasteiger charge is 2.26. The van der Waals surface area contributed by atoms with E-state index in [1.807, 2.05) is 47.0 Å². The van der Waals surface area contributed by atoms with E-state index in [1.165, 1.54) is 0 Å². The Hall–Kier alpha value is -3.86. The van der Waals surface area contributed by atoms with Crippen molar-refractivity contribution >= 4 is 22.4 Å². The van der Waals surface area contributed by atoms with Gasteiger partial charge in [-0.15, -0.1) is 0 Å². The molecular weight excluding hydrogens is 485 g/mol. The molecular formula is C26H29F3N6O2. The van der Waals surface area contributed by atoms with Crippen LogP contribution in [0.25, 0.3) is 22.3 Å². The molecule has 2 aromatic heterocycles. The molecule has 2 aromatic carbocycles. The minimum Gasteiger partial charge on any atom is -0.497 e. The zero-order valence-electron chi connectivity index (χ0n) is 21.1. The van der Waals surface area contributed by atoms with Crippen LogP contribution in [-0.4, -0.2) is 59.8 Å². The van der Waals surface area contributed by atoms with Crippen LogP contribution in [0.4, 0.5) is 24.5 Å². The fourth-order valence-corrected chi connectivity index (χ4v) is 4.17. The largest absolute Gasteiger partial charge is 0.497 e. The number of hydrogen-bond donors (Lipinski definition) is 1. The van der Waals surface area contributed by atoms with Gasteiger partial charge in [-0.25, -0.2) is 4.98 Å². The Morgan fingerprint density at radius 3 is 2.35 bits per heavy atom. The number of aromatic nitrogens is 4. The topological polar surface area (TPSA) is 77.3 Å². The van der Waals surface area contributed by atoms with E-state index in [2.05, 4.69) is 22.3 Å². The van der Waals surface area contributed by atoms with Gasteiger partial charge in [0.2, 0.25) is 0 Å². The van der Waals surface area contributed by atoms with Crippen molar-refractivity contribution in [1.82, 2.24) is 25.1 Å². The molecule has 0 bridgehead atoms. The number of fused-ring (bicyclic) bond motifs is 1. The second kappa shape index (κ2) is 11.0. The Kier molecular flexibility index (Phi) is 7.82. The number of nitrogens with one attached hydrogen (secondary N) is 1. The van der Waals surface area contributed by atoms with Crippen LogP contribution < -0.4 is 19.7 Å². The van der Waals surface area contributed by atoms with Crippen molar-refractivity contribution < 1.29 is 22.6 Å². The number of hydrogen-bond acceptors (Lipinski definition) is 7. The van der Waals surface area contributed by atoms with Gasteiger partial charge in [0.25, 0.3) is 0 Å². The van der Waals surface area contributed by atoms with E-state index >= 15 is 0 Å². The predicted molar refractivity (Wildman–Crippen MR) is 137 cm³/mol. The summed E-state index contributed by atoms with van der Waals surface area (Å²) in [6.07, 6.45) is 0.00810. The van der Waals surface area contributed by atoms with Gasteiger partial charge in [-0.3, -0.25) is 9.67 Å². The normalized spacial score (nSPS) is 11.6. The summed E-state index contributed by atoms with van der Waals surface area (Å²) in [7, 11) is 4.98. The Morgan fingerprint density at radius 2 is 1.70 bits per heavy atom. The minimum atomic E-state index is -4.29. The summed E-state index contributed by atoms with van der Waals surface area (Å²) in [5, 5.41) is 6.82. The Balaban J connectivity index is 1.74. The van der Waals surface area contributed by atoms with Crippen LogP contribution >= 0.6 is 0 Å². The highest BCUT2D eigenvalue weighted by Crippen LogP contribution is 2.34. The number of halogens is 3. The number of benzene rings is 2. The fraction of sp³-hybridized carbons (Fsp3) is 0.346. The molecule has 37 heavy (non-hydrogen) atoms. The van der Waals surface area contributed by atoms with Gasteiger partial charge in [0, 0.05) is 61.0 Å². The first-order valence-electron chi connectivity index (χ1n) is 11.8. The number of ether oxygens (including phenoxy) is 2. The molecule has 0 aliphatic rings. The molecule has 4 rings (SSSR count). The van der Waals surface area contributed by atoms with Crippen LogP contribution in [-0.2, 0) is 13.5 Å². The van der Waals surface area contributed by atoms with E-state index in [0.717, 1.165) is 23.4 Å². The van der Waals surface area contributed by atoms with E-state index in [-0.39, 0.29) is 13.1 Å². The van der Waals surface area contributed by atoms with Crippen LogP contribution in [0, 0.1) is 0 Å². The van der Waals surface area contributed by atoms with Gasteiger partial charge in [0.1, 0.15) is 11.5 Å². The highest BCUT2D eigenvalue weighted by atomic mass is 19.4. The van der Waals surface area contributed by atoms with Crippen LogP contribution in [0.3, 0.4) is 0 Å². The van der Waals surface area contributed by atoms with Gasteiger partial charge in [0.15, 0.2) is 0 Å². The quantitative estimate of drug-likeness (QED) is 0.302. The molecule has 0 unspecified atom stereocenters. The zero-order chi connectivity index (χ0) is 26.6. The van der Waals surface area contributed by atoms with E-state index in [1.54, 1.807) is 32.7 Å². The zero-order valence-corrected chi connectivity index (χ0v) is 21.1. The van der Waals surface area contributed by atoms with Crippen LogP contribution in [0.15, 0.2) is 48.8 Å². The summed E-state index contributed by atoms with van der Waals surface area (Å²) < 4.78 is 50.7. The van der Waals surface area contributed by atoms with Crippen molar-refractivity contribution in [2.24, 2.45) is 7.05 Å². The first-order valence-corrected chi connectivity index (χ1v) is 11.8. The van der Waals surface area contributed by atoms with E-state index in [9.17, 15) is 13.2 Å². The molecule has 196 valence electrons. The Labute approximate surface area is 213 Å². The third-order valence-electron chi connectivity index (χ3n) is 6.00. The molecule has 0 amide bonds. The van der Waals surface area contributed by atoms with Crippen molar-refractivity contribution in [3.63, 3.8) is 0 Å². The molecule has 0 atom stereocenters. The molecule has 2 heterocycles. The first-order chi connectivity index (χ1) is 17.7. The maximum Gasteiger partial charge on any atom is 0.401 e. The molecule has 0 spiro atoms. The summed E-state index contributed by atoms with van der Waals surface area (Å²) in [6.45, 7) is 1.34. The van der Waals surface area contributed by atoms with E-state index < -0.39 is 12.7 Å². The fourth-order valence-electron chi connectivity index (χ4n) is 4.17. The molecule has 0 saturated heterocycles. The molecule has 0 aliphatic carbocycles. The van der Waals surface area contributed by atoms with Crippen LogP contribution in [0.2, 0.25) is 0 Å². The van der Waals surface area contributed by atoms with Crippen molar-refractivity contribution in [2.75, 3.05) is 38.8 Å². The molecule has 1 N–H and O–H groups in total. The van der Waals surface area contributed by atoms with Crippen molar-refractivity contribution in [2.45, 2.75) is 19.5 Å². The van der Waals surface area contributed by atoms with Crippen molar-refractivity contribution in [3.05, 3.63) is 54.5 Å². The summed E-state index contributed by atoms with van der Waals surface area (Å²) in [6, 6.07) is 10.9. The molecule has 0 fully saturated rings. The summed E-state index contributed by atoms with van der Waals surface area (Å²) in [5.41, 5.74) is 5.47. The minimum absolute atomic E-state index is 0.0956. The lowest BCUT2D eigenvalue weighted by Crippen LogP contribution is -2.34. The average molecular weight is 515 g/mol. The van der Waals surface area contributed by atoms with E-state index in [4.69, 9.17) is 14.5 Å². The Bertz CT molecular complexity index is 1350. The van der Waals surface area contributed by atoms with Gasteiger partial charge in [-0.05, 0) is 24.6 Å². The first kappa shape index (κ1) is 26.2. The van der Waals surface area contributed by atoms with Crippen molar-refractivity contribution in [1.29, 1.82) is 0 Å². The summed E-state index contributed by atoms with van der Waals surface area (Å²) in [4.78, 5) is 11.3. The number of anilines is 2. The monoisotopic (exact) mass is 514 g/mol. The van der Waals surface area contributed by atoms with Crippen molar-refractivity contribution in [3.8, 4) is 22.8 Å². The number of aryl methyl sites for hydroxylation is 1. The standard InChI is InChI=1S/C26H29F3N6O2/c1-5-25-21(14-32-34(25)2)24-15-31-22-7-6-17(12-23(22)33-24)35(9-8-30-16-26(27,28)29)18-10-19(36-3)13-20(11-18)37-4/h6-7,10-15,30H,5,8-9,16H2,1-4H3. The lowest BCUT2D eigenvalue weighted by atomic mass is 10.1. The molecule has 8 nitrogen and oxygen atoms in total. The van der Waals surface area contributed by atoms with Crippen LogP contribution in [0.1, 0.15) is 12.6 Å². The number of nitrogens with zero attached hydrogens (tertiary/aromatic N) is 5. The van der Waals surface area contributed by atoms with Gasteiger partial charge < -0.3 is 19.7 Å². The number of rotatable bonds is 10. The lowest BCUT2D eigenvalue weighted by molar-refractivity contribution is -0.124. The molecule has 0 aliphatic heterocycles. The number of methoxy groups -OCH3 is 2. The lowest BCUT2D eigenvalue weighted by Gasteiger charge is -2.26. The predicted octanol–water partition coefficient (Wildman–Crippen LogP) is 4.90. The molecule has 0 radical (unpaired) electrons. The average Bonchev–Trinajstić information content (AvgIpc) is 3.27. The SMILES string of the molecule is CCc1c(-c2cnc3ccc(N(CCNCC(F)(F)F)c4cc(OC)cc(OC)c4)cc3n2)cnn1C. The van der Waals surface area contributed by atoms with Crippen LogP contribution in [0.5, 0.6) is 11.5 Å². The molecule has 0 saturated carbocycles.